The molecule has 7 nitrogen and oxygen atoms in total. The molecule has 0 atom stereocenters. The Balaban J connectivity index is 2.22. The fraction of sp³-hybridized carbons (Fsp3) is 0.923. The van der Waals surface area contributed by atoms with E-state index >= 15 is 0 Å². The molecule has 2 N–H and O–H groups in total. The normalized spacial score (nSPS) is 17.5. The van der Waals surface area contributed by atoms with Crippen LogP contribution in [0.25, 0.3) is 0 Å². The molecule has 1 fully saturated rings. The van der Waals surface area contributed by atoms with Gasteiger partial charge in [-0.1, -0.05) is 0 Å². The van der Waals surface area contributed by atoms with Crippen molar-refractivity contribution in [3.8, 4) is 0 Å². The van der Waals surface area contributed by atoms with E-state index in [1.54, 1.807) is 23.1 Å². The van der Waals surface area contributed by atoms with E-state index in [0.717, 1.165) is 31.1 Å². The summed E-state index contributed by atoms with van der Waals surface area (Å²) in [5.41, 5.74) is 0. The average Bonchev–Trinajstić information content (AvgIpc) is 2.53. The Morgan fingerprint density at radius 3 is 2.59 bits per heavy atom. The number of ether oxygens (including phenoxy) is 1. The van der Waals surface area contributed by atoms with Crippen molar-refractivity contribution in [1.29, 1.82) is 0 Å². The zero-order valence-corrected chi connectivity index (χ0v) is 15.1. The van der Waals surface area contributed by atoms with Crippen molar-refractivity contribution in [2.75, 3.05) is 63.7 Å². The number of nitrogens with one attached hydrogen (secondary N) is 2. The minimum atomic E-state index is -3.17. The fourth-order valence-electron chi connectivity index (χ4n) is 2.00. The first kappa shape index (κ1) is 19.5. The smallest absolute Gasteiger partial charge is 0.215 e. The van der Waals surface area contributed by atoms with E-state index in [0.29, 0.717) is 32.2 Å². The van der Waals surface area contributed by atoms with Crippen molar-refractivity contribution in [1.82, 2.24) is 14.9 Å². The van der Waals surface area contributed by atoms with Gasteiger partial charge in [-0.3, -0.25) is 4.99 Å². The van der Waals surface area contributed by atoms with Gasteiger partial charge in [-0.05, 0) is 13.3 Å². The molecule has 0 aromatic carbocycles. The van der Waals surface area contributed by atoms with Gasteiger partial charge in [0.15, 0.2) is 5.96 Å². The molecule has 0 unspecified atom stereocenters. The maximum absolute atomic E-state index is 12.2. The van der Waals surface area contributed by atoms with Crippen molar-refractivity contribution in [2.45, 2.75) is 13.3 Å². The van der Waals surface area contributed by atoms with Gasteiger partial charge in [-0.25, -0.2) is 12.7 Å². The van der Waals surface area contributed by atoms with E-state index in [4.69, 9.17) is 4.74 Å². The monoisotopic (exact) mass is 352 g/mol. The summed E-state index contributed by atoms with van der Waals surface area (Å²) in [6.45, 7) is 5.75. The van der Waals surface area contributed by atoms with Crippen LogP contribution < -0.4 is 10.6 Å². The molecule has 1 saturated heterocycles. The Kier molecular flexibility index (Phi) is 9.85. The lowest BCUT2D eigenvalue weighted by Gasteiger charge is -2.25. The Labute approximate surface area is 138 Å². The van der Waals surface area contributed by atoms with Crippen molar-refractivity contribution in [2.24, 2.45) is 4.99 Å². The minimum Gasteiger partial charge on any atom is -0.382 e. The maximum Gasteiger partial charge on any atom is 0.215 e. The molecule has 0 aliphatic carbocycles. The second-order valence-corrected chi connectivity index (χ2v) is 8.12. The summed E-state index contributed by atoms with van der Waals surface area (Å²) in [6, 6.07) is 0. The molecule has 0 spiro atoms. The number of thioether (sulfide) groups is 1. The van der Waals surface area contributed by atoms with Crippen molar-refractivity contribution >= 4 is 27.7 Å². The number of rotatable bonds is 9. The molecule has 1 aliphatic heterocycles. The quantitative estimate of drug-likeness (QED) is 0.344. The largest absolute Gasteiger partial charge is 0.382 e. The molecule has 1 aliphatic rings. The van der Waals surface area contributed by atoms with E-state index < -0.39 is 10.0 Å². The van der Waals surface area contributed by atoms with Crippen LogP contribution in [-0.2, 0) is 14.8 Å². The summed E-state index contributed by atoms with van der Waals surface area (Å²) >= 11 is 1.80. The lowest BCUT2D eigenvalue weighted by molar-refractivity contribution is 0.145. The Morgan fingerprint density at radius 1 is 1.27 bits per heavy atom. The maximum atomic E-state index is 12.2. The van der Waals surface area contributed by atoms with Gasteiger partial charge in [-0.2, -0.15) is 11.8 Å². The predicted molar refractivity (Wildman–Crippen MR) is 93.2 cm³/mol. The fourth-order valence-corrected chi connectivity index (χ4v) is 4.49. The van der Waals surface area contributed by atoms with Gasteiger partial charge >= 0.3 is 0 Å². The van der Waals surface area contributed by atoms with Crippen LogP contribution in [0.4, 0.5) is 0 Å². The molecule has 0 aromatic heterocycles. The number of guanidine groups is 1. The van der Waals surface area contributed by atoms with Crippen LogP contribution in [0.2, 0.25) is 0 Å². The van der Waals surface area contributed by atoms with Gasteiger partial charge in [-0.15, -0.1) is 0 Å². The van der Waals surface area contributed by atoms with Gasteiger partial charge in [0.05, 0.1) is 5.75 Å². The molecule has 9 heteroatoms. The topological polar surface area (TPSA) is 83.0 Å². The molecule has 1 rings (SSSR count). The predicted octanol–water partition coefficient (Wildman–Crippen LogP) is -0.0434. The second kappa shape index (κ2) is 11.1. The first-order valence-electron chi connectivity index (χ1n) is 7.68. The van der Waals surface area contributed by atoms with Crippen LogP contribution in [0.15, 0.2) is 4.99 Å². The zero-order valence-electron chi connectivity index (χ0n) is 13.5. The van der Waals surface area contributed by atoms with Gasteiger partial charge < -0.3 is 15.4 Å². The molecule has 1 heterocycles. The number of sulfonamides is 1. The standard InChI is InChI=1S/C13H28N4O3S2/c1-3-20-9-4-5-15-13(14-2)16-6-12-22(18,19)17-7-10-21-11-8-17/h3-12H2,1-2H3,(H2,14,15,16). The molecule has 0 bridgehead atoms. The molecular formula is C13H28N4O3S2. The van der Waals surface area contributed by atoms with Crippen LogP contribution in [0, 0.1) is 0 Å². The van der Waals surface area contributed by atoms with E-state index in [2.05, 4.69) is 15.6 Å². The SMILES string of the molecule is CCOCCCNC(=NC)NCCS(=O)(=O)N1CCSCC1. The highest BCUT2D eigenvalue weighted by Crippen LogP contribution is 2.12. The number of hydrogen-bond donors (Lipinski definition) is 2. The molecule has 0 amide bonds. The third kappa shape index (κ3) is 7.66. The minimum absolute atomic E-state index is 0.0946. The van der Waals surface area contributed by atoms with Crippen molar-refractivity contribution in [3.05, 3.63) is 0 Å². The molecule has 130 valence electrons. The summed E-state index contributed by atoms with van der Waals surface area (Å²) in [4.78, 5) is 4.08. The summed E-state index contributed by atoms with van der Waals surface area (Å²) < 4.78 is 31.2. The molecule has 0 aromatic rings. The first-order valence-corrected chi connectivity index (χ1v) is 10.4. The highest BCUT2D eigenvalue weighted by atomic mass is 32.2. The Morgan fingerprint density at radius 2 is 1.95 bits per heavy atom. The third-order valence-electron chi connectivity index (χ3n) is 3.20. The van der Waals surface area contributed by atoms with E-state index in [9.17, 15) is 8.42 Å². The summed E-state index contributed by atoms with van der Waals surface area (Å²) in [5, 5.41) is 6.18. The molecule has 0 radical (unpaired) electrons. The van der Waals surface area contributed by atoms with Gasteiger partial charge in [0, 0.05) is 57.9 Å². The molecular weight excluding hydrogens is 324 g/mol. The summed E-state index contributed by atoms with van der Waals surface area (Å²) in [6.07, 6.45) is 0.887. The number of nitrogens with zero attached hydrogens (tertiary/aromatic N) is 2. The van der Waals surface area contributed by atoms with Crippen LogP contribution in [0.3, 0.4) is 0 Å². The highest BCUT2D eigenvalue weighted by Gasteiger charge is 2.23. The number of hydrogen-bond acceptors (Lipinski definition) is 5. The lowest BCUT2D eigenvalue weighted by atomic mass is 10.4. The first-order chi connectivity index (χ1) is 10.6. The Hall–Kier alpha value is -0.510. The van der Waals surface area contributed by atoms with Crippen LogP contribution in [0.1, 0.15) is 13.3 Å². The van der Waals surface area contributed by atoms with Crippen LogP contribution in [-0.4, -0.2) is 82.4 Å². The van der Waals surface area contributed by atoms with E-state index in [-0.39, 0.29) is 5.75 Å². The second-order valence-electron chi connectivity index (χ2n) is 4.80. The number of aliphatic imine (C=N–C) groups is 1. The van der Waals surface area contributed by atoms with Crippen LogP contribution in [0.5, 0.6) is 0 Å². The molecule has 0 saturated carbocycles. The van der Waals surface area contributed by atoms with Gasteiger partial charge in [0.25, 0.3) is 0 Å². The van der Waals surface area contributed by atoms with Gasteiger partial charge in [0.2, 0.25) is 10.0 Å². The third-order valence-corrected chi connectivity index (χ3v) is 6.02. The van der Waals surface area contributed by atoms with E-state index in [1.807, 2.05) is 6.92 Å². The Bertz CT molecular complexity index is 423. The summed E-state index contributed by atoms with van der Waals surface area (Å²) in [7, 11) is -1.49. The summed E-state index contributed by atoms with van der Waals surface area (Å²) in [5.74, 6) is 2.49. The van der Waals surface area contributed by atoms with E-state index in [1.165, 1.54) is 0 Å². The van der Waals surface area contributed by atoms with Crippen LogP contribution >= 0.6 is 11.8 Å². The van der Waals surface area contributed by atoms with Crippen molar-refractivity contribution in [3.63, 3.8) is 0 Å². The highest BCUT2D eigenvalue weighted by molar-refractivity contribution is 7.99. The van der Waals surface area contributed by atoms with Crippen molar-refractivity contribution < 1.29 is 13.2 Å². The zero-order chi connectivity index (χ0) is 16.3. The molecule has 22 heavy (non-hydrogen) atoms. The average molecular weight is 353 g/mol. The van der Waals surface area contributed by atoms with Gasteiger partial charge in [0.1, 0.15) is 0 Å². The lowest BCUT2D eigenvalue weighted by Crippen LogP contribution is -2.44.